The highest BCUT2D eigenvalue weighted by molar-refractivity contribution is 6.07. The summed E-state index contributed by atoms with van der Waals surface area (Å²) in [5.41, 5.74) is 6.10. The second-order valence-corrected chi connectivity index (χ2v) is 4.34. The van der Waals surface area contributed by atoms with Gasteiger partial charge in [0, 0.05) is 13.3 Å². The number of methoxy groups -OCH3 is 1. The SMILES string of the molecule is CCCC(C(=O)Nc1cnn(CCOC)c1)C(N)=NO. The molecule has 1 amide bonds. The third-order valence-corrected chi connectivity index (χ3v) is 2.79. The van der Waals surface area contributed by atoms with E-state index in [0.29, 0.717) is 25.3 Å². The molecule has 0 aliphatic rings. The van der Waals surface area contributed by atoms with Crippen molar-refractivity contribution in [2.75, 3.05) is 19.0 Å². The molecule has 0 radical (unpaired) electrons. The Bertz CT molecular complexity index is 458. The van der Waals surface area contributed by atoms with Crippen LogP contribution in [0.2, 0.25) is 0 Å². The number of rotatable bonds is 8. The first-order valence-corrected chi connectivity index (χ1v) is 6.42. The molecule has 0 aliphatic heterocycles. The van der Waals surface area contributed by atoms with Gasteiger partial charge in [-0.25, -0.2) is 0 Å². The largest absolute Gasteiger partial charge is 0.409 e. The average molecular weight is 283 g/mol. The van der Waals surface area contributed by atoms with Crippen molar-refractivity contribution in [2.24, 2.45) is 16.8 Å². The smallest absolute Gasteiger partial charge is 0.235 e. The van der Waals surface area contributed by atoms with Gasteiger partial charge in [0.15, 0.2) is 5.84 Å². The Morgan fingerprint density at radius 3 is 3.05 bits per heavy atom. The number of nitrogens with two attached hydrogens (primary N) is 1. The third-order valence-electron chi connectivity index (χ3n) is 2.79. The Balaban J connectivity index is 2.65. The third kappa shape index (κ3) is 4.54. The monoisotopic (exact) mass is 283 g/mol. The number of aromatic nitrogens is 2. The van der Waals surface area contributed by atoms with Crippen LogP contribution in [-0.2, 0) is 16.1 Å². The van der Waals surface area contributed by atoms with Gasteiger partial charge in [-0.1, -0.05) is 18.5 Å². The Labute approximate surface area is 117 Å². The van der Waals surface area contributed by atoms with Crippen LogP contribution in [0.25, 0.3) is 0 Å². The van der Waals surface area contributed by atoms with Crippen LogP contribution in [0, 0.1) is 5.92 Å². The summed E-state index contributed by atoms with van der Waals surface area (Å²) < 4.78 is 6.61. The molecule has 0 spiro atoms. The molecule has 0 saturated heterocycles. The number of oxime groups is 1. The van der Waals surface area contributed by atoms with E-state index in [1.807, 2.05) is 6.92 Å². The Kier molecular flexibility index (Phi) is 6.51. The molecule has 0 fully saturated rings. The van der Waals surface area contributed by atoms with Crippen molar-refractivity contribution in [1.82, 2.24) is 9.78 Å². The van der Waals surface area contributed by atoms with Gasteiger partial charge in [-0.2, -0.15) is 5.10 Å². The van der Waals surface area contributed by atoms with Crippen molar-refractivity contribution in [2.45, 2.75) is 26.3 Å². The van der Waals surface area contributed by atoms with E-state index in [-0.39, 0.29) is 11.7 Å². The van der Waals surface area contributed by atoms with E-state index in [9.17, 15) is 4.79 Å². The van der Waals surface area contributed by atoms with Crippen molar-refractivity contribution in [1.29, 1.82) is 0 Å². The maximum atomic E-state index is 12.1. The van der Waals surface area contributed by atoms with Gasteiger partial charge in [-0.3, -0.25) is 9.48 Å². The molecule has 1 aromatic heterocycles. The second kappa shape index (κ2) is 8.16. The number of carbonyl (C=O) groups is 1. The average Bonchev–Trinajstić information content (AvgIpc) is 2.89. The minimum absolute atomic E-state index is 0.0869. The molecule has 8 nitrogen and oxygen atoms in total. The minimum atomic E-state index is -0.646. The number of nitrogens with zero attached hydrogens (tertiary/aromatic N) is 3. The lowest BCUT2D eigenvalue weighted by atomic mass is 10.0. The molecule has 1 atom stereocenters. The number of amides is 1. The number of hydrogen-bond donors (Lipinski definition) is 3. The summed E-state index contributed by atoms with van der Waals surface area (Å²) in [7, 11) is 1.61. The summed E-state index contributed by atoms with van der Waals surface area (Å²) in [6.45, 7) is 3.07. The van der Waals surface area contributed by atoms with Gasteiger partial charge in [0.1, 0.15) is 0 Å². The molecular formula is C12H21N5O3. The van der Waals surface area contributed by atoms with Crippen molar-refractivity contribution < 1.29 is 14.7 Å². The first-order valence-electron chi connectivity index (χ1n) is 6.42. The maximum Gasteiger partial charge on any atom is 0.235 e. The number of carbonyl (C=O) groups excluding carboxylic acids is 1. The van der Waals surface area contributed by atoms with Gasteiger partial charge in [0.25, 0.3) is 0 Å². The Hall–Kier alpha value is -2.09. The Morgan fingerprint density at radius 2 is 2.45 bits per heavy atom. The summed E-state index contributed by atoms with van der Waals surface area (Å²) in [6.07, 6.45) is 4.51. The van der Waals surface area contributed by atoms with Crippen molar-refractivity contribution in [3.63, 3.8) is 0 Å². The fraction of sp³-hybridized carbons (Fsp3) is 0.583. The molecule has 1 heterocycles. The lowest BCUT2D eigenvalue weighted by Crippen LogP contribution is -2.34. The first-order chi connectivity index (χ1) is 9.62. The summed E-state index contributed by atoms with van der Waals surface area (Å²) in [6, 6.07) is 0. The second-order valence-electron chi connectivity index (χ2n) is 4.34. The zero-order valence-corrected chi connectivity index (χ0v) is 11.7. The number of ether oxygens (including phenoxy) is 1. The molecule has 1 rings (SSSR count). The molecule has 0 aliphatic carbocycles. The quantitative estimate of drug-likeness (QED) is 0.280. The fourth-order valence-corrected chi connectivity index (χ4v) is 1.74. The van der Waals surface area contributed by atoms with Gasteiger partial charge >= 0.3 is 0 Å². The van der Waals surface area contributed by atoms with Crippen LogP contribution in [0.5, 0.6) is 0 Å². The van der Waals surface area contributed by atoms with Crippen LogP contribution in [-0.4, -0.2) is 40.4 Å². The molecule has 4 N–H and O–H groups in total. The molecule has 0 saturated carbocycles. The minimum Gasteiger partial charge on any atom is -0.409 e. The standard InChI is InChI=1S/C12H21N5O3/c1-3-4-10(11(13)16-19)12(18)15-9-7-14-17(8-9)5-6-20-2/h7-8,10,19H,3-6H2,1-2H3,(H2,13,16)(H,15,18). The van der Waals surface area contributed by atoms with Crippen molar-refractivity contribution in [3.8, 4) is 0 Å². The summed E-state index contributed by atoms with van der Waals surface area (Å²) in [5, 5.41) is 18.4. The highest BCUT2D eigenvalue weighted by Gasteiger charge is 2.22. The summed E-state index contributed by atoms with van der Waals surface area (Å²) in [4.78, 5) is 12.1. The molecule has 20 heavy (non-hydrogen) atoms. The fourth-order valence-electron chi connectivity index (χ4n) is 1.74. The molecule has 0 bridgehead atoms. The molecular weight excluding hydrogens is 262 g/mol. The van der Waals surface area contributed by atoms with E-state index >= 15 is 0 Å². The van der Waals surface area contributed by atoms with E-state index in [1.54, 1.807) is 24.2 Å². The van der Waals surface area contributed by atoms with Crippen LogP contribution in [0.3, 0.4) is 0 Å². The normalized spacial score (nSPS) is 13.2. The van der Waals surface area contributed by atoms with Gasteiger partial charge in [0.2, 0.25) is 5.91 Å². The molecule has 8 heteroatoms. The molecule has 1 aromatic rings. The Morgan fingerprint density at radius 1 is 1.70 bits per heavy atom. The lowest BCUT2D eigenvalue weighted by Gasteiger charge is -2.13. The number of hydrogen-bond acceptors (Lipinski definition) is 5. The van der Waals surface area contributed by atoms with E-state index in [4.69, 9.17) is 15.7 Å². The summed E-state index contributed by atoms with van der Waals surface area (Å²) >= 11 is 0. The van der Waals surface area contributed by atoms with E-state index < -0.39 is 5.92 Å². The molecule has 0 aromatic carbocycles. The molecule has 112 valence electrons. The van der Waals surface area contributed by atoms with Gasteiger partial charge in [-0.05, 0) is 6.42 Å². The topological polar surface area (TPSA) is 115 Å². The summed E-state index contributed by atoms with van der Waals surface area (Å²) in [5.74, 6) is -1.04. The predicted octanol–water partition coefficient (Wildman–Crippen LogP) is 0.631. The highest BCUT2D eigenvalue weighted by Crippen LogP contribution is 2.12. The van der Waals surface area contributed by atoms with E-state index in [0.717, 1.165) is 6.42 Å². The van der Waals surface area contributed by atoms with Gasteiger partial charge < -0.3 is 21.0 Å². The van der Waals surface area contributed by atoms with Crippen molar-refractivity contribution >= 4 is 17.4 Å². The van der Waals surface area contributed by atoms with E-state index in [1.165, 1.54) is 0 Å². The number of amidine groups is 1. The van der Waals surface area contributed by atoms with Crippen LogP contribution >= 0.6 is 0 Å². The highest BCUT2D eigenvalue weighted by atomic mass is 16.5. The number of nitrogens with one attached hydrogen (secondary N) is 1. The van der Waals surface area contributed by atoms with Crippen LogP contribution in [0.1, 0.15) is 19.8 Å². The predicted molar refractivity (Wildman–Crippen MR) is 74.5 cm³/mol. The van der Waals surface area contributed by atoms with Crippen molar-refractivity contribution in [3.05, 3.63) is 12.4 Å². The van der Waals surface area contributed by atoms with Crippen LogP contribution < -0.4 is 11.1 Å². The van der Waals surface area contributed by atoms with Crippen LogP contribution in [0.15, 0.2) is 17.5 Å². The first kappa shape index (κ1) is 16.0. The van der Waals surface area contributed by atoms with Crippen LogP contribution in [0.4, 0.5) is 5.69 Å². The zero-order chi connectivity index (χ0) is 15.0. The van der Waals surface area contributed by atoms with E-state index in [2.05, 4.69) is 15.6 Å². The molecule has 1 unspecified atom stereocenters. The maximum absolute atomic E-state index is 12.1. The van der Waals surface area contributed by atoms with Gasteiger partial charge in [0.05, 0.1) is 31.0 Å². The van der Waals surface area contributed by atoms with Gasteiger partial charge in [-0.15, -0.1) is 0 Å². The number of anilines is 1. The zero-order valence-electron chi connectivity index (χ0n) is 11.7. The lowest BCUT2D eigenvalue weighted by molar-refractivity contribution is -0.118.